The fraction of sp³-hybridized carbons (Fsp3) is 0.364. The molecule has 1 aromatic carbocycles. The minimum Gasteiger partial charge on any atom is -0.489 e. The minimum atomic E-state index is 0.0288. The summed E-state index contributed by atoms with van der Waals surface area (Å²) in [6.45, 7) is 7.61. The average molecular weight is 380 g/mol. The van der Waals surface area contributed by atoms with Crippen LogP contribution >= 0.6 is 0 Å². The van der Waals surface area contributed by atoms with Crippen molar-refractivity contribution in [1.82, 2.24) is 20.0 Å². The van der Waals surface area contributed by atoms with Crippen molar-refractivity contribution in [3.05, 3.63) is 65.6 Å². The highest BCUT2D eigenvalue weighted by Crippen LogP contribution is 2.17. The van der Waals surface area contributed by atoms with Gasteiger partial charge in [-0.25, -0.2) is 4.98 Å². The number of nitrogens with zero attached hydrogens (tertiary/aromatic N) is 3. The highest BCUT2D eigenvalue weighted by Gasteiger charge is 2.08. The molecule has 3 aromatic rings. The van der Waals surface area contributed by atoms with E-state index in [1.807, 2.05) is 37.4 Å². The number of benzene rings is 1. The van der Waals surface area contributed by atoms with Gasteiger partial charge in [-0.3, -0.25) is 4.99 Å². The maximum atomic E-state index is 6.00. The van der Waals surface area contributed by atoms with Gasteiger partial charge in [-0.1, -0.05) is 24.3 Å². The summed E-state index contributed by atoms with van der Waals surface area (Å²) in [7, 11) is 1.77. The summed E-state index contributed by atoms with van der Waals surface area (Å²) in [5.74, 6) is 1.68. The molecule has 28 heavy (non-hydrogen) atoms. The summed E-state index contributed by atoms with van der Waals surface area (Å²) in [5, 5.41) is 6.66. The number of rotatable bonds is 7. The van der Waals surface area contributed by atoms with Crippen molar-refractivity contribution in [3.63, 3.8) is 0 Å². The molecule has 0 bridgehead atoms. The molecule has 0 saturated carbocycles. The second kappa shape index (κ2) is 9.26. The first kappa shape index (κ1) is 19.7. The van der Waals surface area contributed by atoms with Crippen LogP contribution in [0.5, 0.6) is 5.75 Å². The molecule has 3 rings (SSSR count). The predicted molar refractivity (Wildman–Crippen MR) is 114 cm³/mol. The largest absolute Gasteiger partial charge is 0.489 e. The number of aliphatic imine (C=N–C) groups is 1. The standard InChI is InChI=1S/C22H29N5O/c1-16-8-5-6-10-20(16)28-18(3)14-25-22(23-4)24-12-11-19-15-27-13-7-9-17(2)21(27)26-19/h5-10,13,15,18H,11-12,14H2,1-4H3,(H2,23,24,25). The van der Waals surface area contributed by atoms with Crippen molar-refractivity contribution in [1.29, 1.82) is 0 Å². The van der Waals surface area contributed by atoms with E-state index in [0.717, 1.165) is 41.6 Å². The second-order valence-corrected chi connectivity index (χ2v) is 6.98. The molecule has 0 aliphatic rings. The van der Waals surface area contributed by atoms with Gasteiger partial charge >= 0.3 is 0 Å². The van der Waals surface area contributed by atoms with Crippen LogP contribution in [0.3, 0.4) is 0 Å². The molecular weight excluding hydrogens is 350 g/mol. The number of aryl methyl sites for hydroxylation is 2. The maximum Gasteiger partial charge on any atom is 0.191 e. The third-order valence-corrected chi connectivity index (χ3v) is 4.60. The number of nitrogens with one attached hydrogen (secondary N) is 2. The fourth-order valence-electron chi connectivity index (χ4n) is 3.04. The Morgan fingerprint density at radius 1 is 1.14 bits per heavy atom. The second-order valence-electron chi connectivity index (χ2n) is 6.98. The number of guanidine groups is 1. The van der Waals surface area contributed by atoms with Gasteiger partial charge in [0, 0.05) is 32.4 Å². The summed E-state index contributed by atoms with van der Waals surface area (Å²) in [6.07, 6.45) is 4.97. The highest BCUT2D eigenvalue weighted by molar-refractivity contribution is 5.79. The Kier molecular flexibility index (Phi) is 6.53. The first-order valence-corrected chi connectivity index (χ1v) is 9.67. The number of ether oxygens (including phenoxy) is 1. The third kappa shape index (κ3) is 5.03. The zero-order chi connectivity index (χ0) is 19.9. The van der Waals surface area contributed by atoms with Gasteiger partial charge in [-0.15, -0.1) is 0 Å². The van der Waals surface area contributed by atoms with Crippen LogP contribution in [0.4, 0.5) is 0 Å². The van der Waals surface area contributed by atoms with E-state index in [9.17, 15) is 0 Å². The molecule has 2 N–H and O–H groups in total. The van der Waals surface area contributed by atoms with Gasteiger partial charge in [0.2, 0.25) is 0 Å². The van der Waals surface area contributed by atoms with Crippen molar-refractivity contribution in [2.45, 2.75) is 33.3 Å². The molecule has 2 heterocycles. The van der Waals surface area contributed by atoms with Gasteiger partial charge in [-0.2, -0.15) is 0 Å². The molecule has 1 atom stereocenters. The van der Waals surface area contributed by atoms with Crippen LogP contribution in [-0.2, 0) is 6.42 Å². The Morgan fingerprint density at radius 3 is 2.68 bits per heavy atom. The van der Waals surface area contributed by atoms with Gasteiger partial charge in [0.15, 0.2) is 5.96 Å². The molecule has 0 saturated heterocycles. The Balaban J connectivity index is 1.45. The summed E-state index contributed by atoms with van der Waals surface area (Å²) in [6, 6.07) is 12.2. The number of fused-ring (bicyclic) bond motifs is 1. The predicted octanol–water partition coefficient (Wildman–Crippen LogP) is 3.13. The Bertz CT molecular complexity index is 947. The van der Waals surface area contributed by atoms with Crippen molar-refractivity contribution >= 4 is 11.6 Å². The Hall–Kier alpha value is -3.02. The van der Waals surface area contributed by atoms with E-state index in [0.29, 0.717) is 6.54 Å². The molecule has 1 unspecified atom stereocenters. The van der Waals surface area contributed by atoms with E-state index in [1.165, 1.54) is 5.56 Å². The monoisotopic (exact) mass is 379 g/mol. The van der Waals surface area contributed by atoms with Gasteiger partial charge in [-0.05, 0) is 44.0 Å². The highest BCUT2D eigenvalue weighted by atomic mass is 16.5. The normalized spacial score (nSPS) is 12.8. The van der Waals surface area contributed by atoms with Gasteiger partial charge < -0.3 is 19.8 Å². The lowest BCUT2D eigenvalue weighted by Gasteiger charge is -2.18. The van der Waals surface area contributed by atoms with Crippen LogP contribution in [0.2, 0.25) is 0 Å². The first-order valence-electron chi connectivity index (χ1n) is 9.67. The van der Waals surface area contributed by atoms with Crippen LogP contribution in [0.25, 0.3) is 5.65 Å². The molecule has 0 amide bonds. The van der Waals surface area contributed by atoms with Crippen molar-refractivity contribution in [3.8, 4) is 5.75 Å². The Morgan fingerprint density at radius 2 is 1.93 bits per heavy atom. The molecule has 6 nitrogen and oxygen atoms in total. The summed E-state index contributed by atoms with van der Waals surface area (Å²) in [5.41, 5.74) is 4.40. The number of para-hydroxylation sites is 1. The summed E-state index contributed by atoms with van der Waals surface area (Å²) < 4.78 is 8.07. The smallest absolute Gasteiger partial charge is 0.191 e. The molecule has 148 valence electrons. The number of pyridine rings is 1. The number of imidazole rings is 1. The zero-order valence-corrected chi connectivity index (χ0v) is 17.1. The molecule has 6 heteroatoms. The quantitative estimate of drug-likeness (QED) is 0.489. The minimum absolute atomic E-state index is 0.0288. The summed E-state index contributed by atoms with van der Waals surface area (Å²) >= 11 is 0. The molecular formula is C22H29N5O. The molecule has 0 spiro atoms. The first-order chi connectivity index (χ1) is 13.6. The molecule has 2 aromatic heterocycles. The van der Waals surface area contributed by atoms with E-state index in [4.69, 9.17) is 9.72 Å². The van der Waals surface area contributed by atoms with Crippen molar-refractivity contribution < 1.29 is 4.74 Å². The molecule has 0 radical (unpaired) electrons. The third-order valence-electron chi connectivity index (χ3n) is 4.60. The van der Waals surface area contributed by atoms with Crippen molar-refractivity contribution in [2.75, 3.05) is 20.1 Å². The van der Waals surface area contributed by atoms with Crippen LogP contribution in [-0.4, -0.2) is 41.6 Å². The maximum absolute atomic E-state index is 6.00. The van der Waals surface area contributed by atoms with Crippen LogP contribution in [0, 0.1) is 13.8 Å². The Labute approximate surface area is 166 Å². The van der Waals surface area contributed by atoms with Gasteiger partial charge in [0.05, 0.1) is 12.2 Å². The number of hydrogen-bond donors (Lipinski definition) is 2. The number of aromatic nitrogens is 2. The molecule has 0 aliphatic carbocycles. The average Bonchev–Trinajstić information content (AvgIpc) is 3.11. The van der Waals surface area contributed by atoms with Crippen LogP contribution in [0.1, 0.15) is 23.7 Å². The van der Waals surface area contributed by atoms with E-state index in [1.54, 1.807) is 7.05 Å². The van der Waals surface area contributed by atoms with Crippen molar-refractivity contribution in [2.24, 2.45) is 4.99 Å². The van der Waals surface area contributed by atoms with E-state index >= 15 is 0 Å². The van der Waals surface area contributed by atoms with Crippen LogP contribution in [0.15, 0.2) is 53.8 Å². The lowest BCUT2D eigenvalue weighted by Crippen LogP contribution is -2.42. The summed E-state index contributed by atoms with van der Waals surface area (Å²) in [4.78, 5) is 8.99. The lowest BCUT2D eigenvalue weighted by molar-refractivity contribution is 0.222. The number of hydrogen-bond acceptors (Lipinski definition) is 3. The van der Waals surface area contributed by atoms with Gasteiger partial charge in [0.25, 0.3) is 0 Å². The molecule has 0 fully saturated rings. The topological polar surface area (TPSA) is 63.0 Å². The van der Waals surface area contributed by atoms with Gasteiger partial charge in [0.1, 0.15) is 17.5 Å². The van der Waals surface area contributed by atoms with E-state index in [-0.39, 0.29) is 6.10 Å². The fourth-order valence-corrected chi connectivity index (χ4v) is 3.04. The van der Waals surface area contributed by atoms with E-state index in [2.05, 4.69) is 52.2 Å². The van der Waals surface area contributed by atoms with Crippen LogP contribution < -0.4 is 15.4 Å². The lowest BCUT2D eigenvalue weighted by atomic mass is 10.2. The van der Waals surface area contributed by atoms with E-state index < -0.39 is 0 Å². The SMILES string of the molecule is CN=C(NCCc1cn2cccc(C)c2n1)NCC(C)Oc1ccccc1C. The molecule has 0 aliphatic heterocycles. The zero-order valence-electron chi connectivity index (χ0n) is 17.1.